The molecule has 1 amide bonds. The topological polar surface area (TPSA) is 121 Å². The van der Waals surface area contributed by atoms with Gasteiger partial charge in [-0.3, -0.25) is 10.2 Å². The lowest BCUT2D eigenvalue weighted by atomic mass is 9.77. The number of carbonyl (C=O) groups excluding carboxylic acids is 1. The van der Waals surface area contributed by atoms with Gasteiger partial charge in [0.05, 0.1) is 16.8 Å². The van der Waals surface area contributed by atoms with Gasteiger partial charge >= 0.3 is 7.48 Å². The van der Waals surface area contributed by atoms with Crippen molar-refractivity contribution >= 4 is 24.9 Å². The number of hydrogen-bond acceptors (Lipinski definition) is 7. The summed E-state index contributed by atoms with van der Waals surface area (Å²) < 4.78 is 18.6. The molecular formula is C35H45BN2O6. The van der Waals surface area contributed by atoms with Crippen molar-refractivity contribution in [3.63, 3.8) is 0 Å². The molecule has 3 aromatic rings. The molecule has 3 rings (SSSR count). The molecule has 0 aliphatic carbocycles. The monoisotopic (exact) mass is 600 g/mol. The van der Waals surface area contributed by atoms with Gasteiger partial charge in [0.1, 0.15) is 36.2 Å². The molecule has 0 aromatic heterocycles. The molecule has 0 unspecified atom stereocenters. The maximum atomic E-state index is 12.8. The molecule has 9 heteroatoms. The van der Waals surface area contributed by atoms with Gasteiger partial charge in [-0.1, -0.05) is 74.5 Å². The standard InChI is InChI=1S/C35H45BN2O6/c1-8-38-33(40)31(37)30(36-44-35(6,7)34(4,5)41)32(39)27-19-26(23(2)3)28(42-21-24-15-11-9-12-16-24)20-29(27)43-22-25-17-13-10-14-18-25/h9-20,23,36-37,39,41H,8,21-22H2,1-7H3,(H,38,40)/b32-30+,37-31?. The van der Waals surface area contributed by atoms with Gasteiger partial charge in [0.15, 0.2) is 0 Å². The van der Waals surface area contributed by atoms with E-state index in [4.69, 9.17) is 19.5 Å². The van der Waals surface area contributed by atoms with Gasteiger partial charge in [0, 0.05) is 18.1 Å². The first-order chi connectivity index (χ1) is 20.7. The summed E-state index contributed by atoms with van der Waals surface area (Å²) in [6.07, 6.45) is 0. The van der Waals surface area contributed by atoms with Crippen molar-refractivity contribution in [2.24, 2.45) is 0 Å². The number of hydrogen-bond donors (Lipinski definition) is 4. The minimum Gasteiger partial charge on any atom is -0.508 e. The highest BCUT2D eigenvalue weighted by atomic mass is 16.5. The molecule has 44 heavy (non-hydrogen) atoms. The summed E-state index contributed by atoms with van der Waals surface area (Å²) in [5.74, 6) is -0.0538. The lowest BCUT2D eigenvalue weighted by Crippen LogP contribution is -2.48. The lowest BCUT2D eigenvalue weighted by Gasteiger charge is -2.37. The molecule has 0 heterocycles. The highest BCUT2D eigenvalue weighted by Gasteiger charge is 2.37. The lowest BCUT2D eigenvalue weighted by molar-refractivity contribution is -0.114. The molecule has 0 aliphatic heterocycles. The predicted molar refractivity (Wildman–Crippen MR) is 177 cm³/mol. The third kappa shape index (κ3) is 8.97. The van der Waals surface area contributed by atoms with Crippen LogP contribution in [0.5, 0.6) is 11.5 Å². The van der Waals surface area contributed by atoms with Crippen LogP contribution in [0.2, 0.25) is 0 Å². The Labute approximate surface area is 261 Å². The van der Waals surface area contributed by atoms with E-state index in [0.717, 1.165) is 16.7 Å². The largest absolute Gasteiger partial charge is 0.508 e. The van der Waals surface area contributed by atoms with E-state index in [1.165, 1.54) is 0 Å². The average molecular weight is 601 g/mol. The highest BCUT2D eigenvalue weighted by molar-refractivity contribution is 6.63. The van der Waals surface area contributed by atoms with Crippen LogP contribution in [0.25, 0.3) is 5.76 Å². The maximum absolute atomic E-state index is 12.8. The fourth-order valence-electron chi connectivity index (χ4n) is 4.17. The van der Waals surface area contributed by atoms with E-state index < -0.39 is 22.8 Å². The van der Waals surface area contributed by atoms with Crippen molar-refractivity contribution in [3.8, 4) is 11.5 Å². The van der Waals surface area contributed by atoms with Crippen molar-refractivity contribution in [2.45, 2.75) is 78.8 Å². The van der Waals surface area contributed by atoms with Crippen LogP contribution in [-0.4, -0.2) is 47.1 Å². The maximum Gasteiger partial charge on any atom is 0.315 e. The Morgan fingerprint density at radius 3 is 1.91 bits per heavy atom. The van der Waals surface area contributed by atoms with E-state index in [2.05, 4.69) is 5.32 Å². The summed E-state index contributed by atoms with van der Waals surface area (Å²) in [7, 11) is -0.305. The Balaban J connectivity index is 2.17. The highest BCUT2D eigenvalue weighted by Crippen LogP contribution is 2.38. The Kier molecular flexibility index (Phi) is 11.8. The van der Waals surface area contributed by atoms with Crippen molar-refractivity contribution in [1.29, 1.82) is 5.41 Å². The minimum atomic E-state index is -1.24. The van der Waals surface area contributed by atoms with Gasteiger partial charge in [-0.15, -0.1) is 0 Å². The van der Waals surface area contributed by atoms with Crippen LogP contribution in [0.4, 0.5) is 0 Å². The number of aliphatic hydroxyl groups is 2. The van der Waals surface area contributed by atoms with Crippen LogP contribution in [-0.2, 0) is 22.7 Å². The number of rotatable bonds is 15. The van der Waals surface area contributed by atoms with E-state index >= 15 is 0 Å². The first-order valence-corrected chi connectivity index (χ1v) is 14.9. The second kappa shape index (κ2) is 15.1. The predicted octanol–water partition coefficient (Wildman–Crippen LogP) is 6.27. The number of amides is 1. The van der Waals surface area contributed by atoms with Crippen molar-refractivity contribution < 1.29 is 29.1 Å². The molecule has 0 fully saturated rings. The summed E-state index contributed by atoms with van der Waals surface area (Å²) in [5.41, 5.74) is 0.253. The van der Waals surface area contributed by atoms with Crippen LogP contribution >= 0.6 is 0 Å². The normalized spacial score (nSPS) is 12.4. The van der Waals surface area contributed by atoms with Crippen LogP contribution in [0.1, 0.15) is 76.6 Å². The average Bonchev–Trinajstić information content (AvgIpc) is 2.99. The first kappa shape index (κ1) is 34.4. The minimum absolute atomic E-state index is 0.00663. The van der Waals surface area contributed by atoms with Gasteiger partial charge in [-0.25, -0.2) is 0 Å². The summed E-state index contributed by atoms with van der Waals surface area (Å²) >= 11 is 0. The summed E-state index contributed by atoms with van der Waals surface area (Å²) in [6, 6.07) is 23.0. The van der Waals surface area contributed by atoms with Crippen LogP contribution < -0.4 is 14.8 Å². The van der Waals surface area contributed by atoms with Gasteiger partial charge < -0.3 is 29.7 Å². The molecule has 0 spiro atoms. The van der Waals surface area contributed by atoms with Crippen LogP contribution in [0.15, 0.2) is 78.3 Å². The van der Waals surface area contributed by atoms with E-state index in [0.29, 0.717) is 30.2 Å². The van der Waals surface area contributed by atoms with E-state index in [9.17, 15) is 15.0 Å². The van der Waals surface area contributed by atoms with Crippen LogP contribution in [0.3, 0.4) is 0 Å². The second-order valence-corrected chi connectivity index (χ2v) is 12.0. The van der Waals surface area contributed by atoms with E-state index in [1.54, 1.807) is 46.8 Å². The molecule has 234 valence electrons. The summed E-state index contributed by atoms with van der Waals surface area (Å²) in [6.45, 7) is 13.3. The van der Waals surface area contributed by atoms with E-state index in [1.807, 2.05) is 74.5 Å². The molecule has 0 bridgehead atoms. The summed E-state index contributed by atoms with van der Waals surface area (Å²) in [4.78, 5) is 12.8. The Morgan fingerprint density at radius 1 is 0.909 bits per heavy atom. The molecule has 0 radical (unpaired) electrons. The Bertz CT molecular complexity index is 1450. The van der Waals surface area contributed by atoms with Crippen molar-refractivity contribution in [1.82, 2.24) is 5.32 Å². The molecule has 8 nitrogen and oxygen atoms in total. The quantitative estimate of drug-likeness (QED) is 0.0928. The van der Waals surface area contributed by atoms with Gasteiger partial charge in [-0.05, 0) is 63.3 Å². The molecule has 4 N–H and O–H groups in total. The number of nitrogens with one attached hydrogen (secondary N) is 2. The number of aliphatic hydroxyl groups excluding tert-OH is 1. The zero-order chi connectivity index (χ0) is 32.5. The van der Waals surface area contributed by atoms with E-state index in [-0.39, 0.29) is 31.2 Å². The molecule has 3 aromatic carbocycles. The fourth-order valence-corrected chi connectivity index (χ4v) is 4.17. The molecule has 0 saturated heterocycles. The fraction of sp³-hybridized carbons (Fsp3) is 0.371. The third-order valence-corrected chi connectivity index (χ3v) is 7.67. The Morgan fingerprint density at radius 2 is 1.43 bits per heavy atom. The number of carbonyl (C=O) groups is 1. The van der Waals surface area contributed by atoms with Gasteiger partial charge in [0.25, 0.3) is 5.91 Å². The zero-order valence-electron chi connectivity index (χ0n) is 26.9. The van der Waals surface area contributed by atoms with Crippen molar-refractivity contribution in [3.05, 3.63) is 101 Å². The number of ether oxygens (including phenoxy) is 2. The SMILES string of the molecule is CCNC(=O)C(=N)/C(BOC(C)(C)C(C)(C)O)=C(\O)c1cc(C(C)C)c(OCc2ccccc2)cc1OCc1ccccc1. The molecule has 0 atom stereocenters. The summed E-state index contributed by atoms with van der Waals surface area (Å²) in [5, 5.41) is 33.8. The van der Waals surface area contributed by atoms with Crippen molar-refractivity contribution in [2.75, 3.05) is 6.54 Å². The molecule has 0 aliphatic rings. The van der Waals surface area contributed by atoms with Crippen LogP contribution in [0, 0.1) is 5.41 Å². The first-order valence-electron chi connectivity index (χ1n) is 14.9. The second-order valence-electron chi connectivity index (χ2n) is 12.0. The Hall–Kier alpha value is -4.08. The smallest absolute Gasteiger partial charge is 0.315 e. The third-order valence-electron chi connectivity index (χ3n) is 7.67. The van der Waals surface area contributed by atoms with Gasteiger partial charge in [-0.2, -0.15) is 0 Å². The molecule has 0 saturated carbocycles. The van der Waals surface area contributed by atoms with Gasteiger partial charge in [0.2, 0.25) is 0 Å². The molecular weight excluding hydrogens is 555 g/mol. The number of benzene rings is 3. The zero-order valence-corrected chi connectivity index (χ0v) is 26.9.